The predicted octanol–water partition coefficient (Wildman–Crippen LogP) is 3.88. The fourth-order valence-electron chi connectivity index (χ4n) is 3.81. The second-order valence-electron chi connectivity index (χ2n) is 7.60. The van der Waals surface area contributed by atoms with Crippen LogP contribution in [0.25, 0.3) is 10.9 Å². The minimum Gasteiger partial charge on any atom is -0.496 e. The molecule has 0 radical (unpaired) electrons. The van der Waals surface area contributed by atoms with Gasteiger partial charge in [0.25, 0.3) is 0 Å². The average molecular weight is 444 g/mol. The van der Waals surface area contributed by atoms with Crippen LogP contribution in [0.15, 0.2) is 36.7 Å². The van der Waals surface area contributed by atoms with Crippen LogP contribution in [-0.4, -0.2) is 47.5 Å². The number of aromatic nitrogens is 2. The average Bonchev–Trinajstić information content (AvgIpc) is 3.58. The molecule has 0 bridgehead atoms. The summed E-state index contributed by atoms with van der Waals surface area (Å²) < 4.78 is 20.0. The number of methoxy groups -OCH3 is 1. The molecule has 0 atom stereocenters. The first-order chi connectivity index (χ1) is 14.9. The van der Waals surface area contributed by atoms with Crippen LogP contribution in [-0.2, 0) is 11.3 Å². The number of halogens is 2. The molecule has 1 aliphatic carbocycles. The number of ether oxygens (including phenoxy) is 1. The first-order valence-electron chi connectivity index (χ1n) is 9.85. The molecule has 2 N–H and O–H groups in total. The zero-order valence-electron chi connectivity index (χ0n) is 17.5. The maximum atomic E-state index is 14.4. The molecule has 162 valence electrons. The molecule has 1 fully saturated rings. The summed E-state index contributed by atoms with van der Waals surface area (Å²) in [5.74, 6) is 0.568. The third kappa shape index (κ3) is 3.88. The molecule has 1 aromatic heterocycles. The largest absolute Gasteiger partial charge is 0.496 e. The van der Waals surface area contributed by atoms with E-state index < -0.39 is 11.4 Å². The Balaban J connectivity index is 1.72. The van der Waals surface area contributed by atoms with Gasteiger partial charge in [-0.15, -0.1) is 0 Å². The third-order valence-corrected chi connectivity index (χ3v) is 6.05. The van der Waals surface area contributed by atoms with Gasteiger partial charge in [-0.1, -0.05) is 17.7 Å². The molecule has 9 heteroatoms. The maximum absolute atomic E-state index is 14.4. The van der Waals surface area contributed by atoms with E-state index in [4.69, 9.17) is 16.3 Å². The van der Waals surface area contributed by atoms with Gasteiger partial charge in [-0.3, -0.25) is 9.69 Å². The van der Waals surface area contributed by atoms with Gasteiger partial charge >= 0.3 is 0 Å². The fourth-order valence-corrected chi connectivity index (χ4v) is 3.98. The summed E-state index contributed by atoms with van der Waals surface area (Å²) in [6, 6.07) is 8.47. The van der Waals surface area contributed by atoms with Crippen LogP contribution >= 0.6 is 11.6 Å². The monoisotopic (exact) mass is 443 g/mol. The van der Waals surface area contributed by atoms with E-state index in [1.807, 2.05) is 24.1 Å². The summed E-state index contributed by atoms with van der Waals surface area (Å²) in [4.78, 5) is 23.0. The highest BCUT2D eigenvalue weighted by molar-refractivity contribution is 6.31. The van der Waals surface area contributed by atoms with Crippen molar-refractivity contribution in [1.82, 2.24) is 20.2 Å². The SMILES string of the molecule is CNC(=O)C1(N(C)Cc2cc3c(Nc4cccc(Cl)c4F)ncnc3cc2OC)CC1. The Morgan fingerprint density at radius 2 is 2.10 bits per heavy atom. The minimum atomic E-state index is -0.550. The molecule has 1 aliphatic rings. The van der Waals surface area contributed by atoms with E-state index in [0.29, 0.717) is 29.0 Å². The second kappa shape index (κ2) is 8.28. The van der Waals surface area contributed by atoms with Gasteiger partial charge in [0.05, 0.1) is 23.3 Å². The van der Waals surface area contributed by atoms with Crippen molar-refractivity contribution in [2.45, 2.75) is 24.9 Å². The van der Waals surface area contributed by atoms with Gasteiger partial charge < -0.3 is 15.4 Å². The number of carbonyl (C=O) groups is 1. The van der Waals surface area contributed by atoms with Crippen LogP contribution in [0.4, 0.5) is 15.9 Å². The molecule has 3 aromatic rings. The Kier molecular flexibility index (Phi) is 5.68. The van der Waals surface area contributed by atoms with Crippen molar-refractivity contribution in [2.24, 2.45) is 0 Å². The standard InChI is InChI=1S/C22H23ClFN5O2/c1-25-21(30)22(7-8-22)29(2)11-13-9-14-17(10-18(13)31-3)26-12-27-20(14)28-16-6-4-5-15(23)19(16)24/h4-6,9-10,12H,7-8,11H2,1-3H3,(H,25,30)(H,26,27,28). The third-order valence-electron chi connectivity index (χ3n) is 5.75. The molecule has 1 saturated carbocycles. The van der Waals surface area contributed by atoms with E-state index in [9.17, 15) is 9.18 Å². The van der Waals surface area contributed by atoms with Crippen molar-refractivity contribution >= 4 is 39.9 Å². The van der Waals surface area contributed by atoms with Crippen molar-refractivity contribution < 1.29 is 13.9 Å². The van der Waals surface area contributed by atoms with Gasteiger partial charge in [-0.2, -0.15) is 0 Å². The topological polar surface area (TPSA) is 79.4 Å². The second-order valence-corrected chi connectivity index (χ2v) is 8.00. The number of amides is 1. The lowest BCUT2D eigenvalue weighted by molar-refractivity contribution is -0.127. The molecular weight excluding hydrogens is 421 g/mol. The van der Waals surface area contributed by atoms with Gasteiger partial charge in [-0.25, -0.2) is 14.4 Å². The summed E-state index contributed by atoms with van der Waals surface area (Å²) in [5.41, 5.74) is 1.25. The van der Waals surface area contributed by atoms with E-state index in [-0.39, 0.29) is 16.6 Å². The number of hydrogen-bond acceptors (Lipinski definition) is 6. The van der Waals surface area contributed by atoms with E-state index >= 15 is 0 Å². The van der Waals surface area contributed by atoms with Crippen molar-refractivity contribution in [3.05, 3.63) is 53.1 Å². The maximum Gasteiger partial charge on any atom is 0.240 e. The van der Waals surface area contributed by atoms with Crippen LogP contribution in [0.1, 0.15) is 18.4 Å². The number of nitrogens with zero attached hydrogens (tertiary/aromatic N) is 3. The van der Waals surface area contributed by atoms with E-state index in [2.05, 4.69) is 20.6 Å². The van der Waals surface area contributed by atoms with E-state index in [0.717, 1.165) is 18.4 Å². The van der Waals surface area contributed by atoms with Gasteiger partial charge in [0.1, 0.15) is 23.4 Å². The normalized spacial score (nSPS) is 14.5. The van der Waals surface area contributed by atoms with Crippen LogP contribution in [0.2, 0.25) is 5.02 Å². The molecule has 1 amide bonds. The van der Waals surface area contributed by atoms with Crippen molar-refractivity contribution in [1.29, 1.82) is 0 Å². The number of nitrogens with one attached hydrogen (secondary N) is 2. The van der Waals surface area contributed by atoms with Gasteiger partial charge in [0.2, 0.25) is 5.91 Å². The lowest BCUT2D eigenvalue weighted by Crippen LogP contribution is -2.45. The molecule has 0 saturated heterocycles. The summed E-state index contributed by atoms with van der Waals surface area (Å²) in [6.45, 7) is 0.492. The number of likely N-dealkylation sites (N-methyl/N-ethyl adjacent to an activating group) is 2. The number of rotatable bonds is 7. The number of benzene rings is 2. The quantitative estimate of drug-likeness (QED) is 0.576. The Bertz CT molecular complexity index is 1150. The highest BCUT2D eigenvalue weighted by Crippen LogP contribution is 2.43. The lowest BCUT2D eigenvalue weighted by Gasteiger charge is -2.27. The number of hydrogen-bond donors (Lipinski definition) is 2. The fraction of sp³-hybridized carbons (Fsp3) is 0.318. The molecule has 1 heterocycles. The molecule has 0 spiro atoms. The molecular formula is C22H23ClFN5O2. The Morgan fingerprint density at radius 3 is 2.77 bits per heavy atom. The van der Waals surface area contributed by atoms with Gasteiger partial charge in [0, 0.05) is 30.6 Å². The van der Waals surface area contributed by atoms with Crippen molar-refractivity contribution in [3.63, 3.8) is 0 Å². The first-order valence-corrected chi connectivity index (χ1v) is 10.2. The molecule has 0 aliphatic heterocycles. The minimum absolute atomic E-state index is 0.0110. The molecule has 7 nitrogen and oxygen atoms in total. The zero-order valence-corrected chi connectivity index (χ0v) is 18.3. The molecule has 4 rings (SSSR count). The smallest absolute Gasteiger partial charge is 0.240 e. The Morgan fingerprint density at radius 1 is 1.32 bits per heavy atom. The van der Waals surface area contributed by atoms with E-state index in [1.54, 1.807) is 26.3 Å². The Labute approximate surface area is 184 Å². The van der Waals surface area contributed by atoms with Gasteiger partial charge in [0.15, 0.2) is 5.82 Å². The highest BCUT2D eigenvalue weighted by atomic mass is 35.5. The van der Waals surface area contributed by atoms with Crippen LogP contribution in [0.5, 0.6) is 5.75 Å². The number of carbonyl (C=O) groups excluding carboxylic acids is 1. The van der Waals surface area contributed by atoms with E-state index in [1.165, 1.54) is 12.4 Å². The van der Waals surface area contributed by atoms with Gasteiger partial charge in [-0.05, 0) is 38.1 Å². The highest BCUT2D eigenvalue weighted by Gasteiger charge is 2.52. The molecule has 0 unspecified atom stereocenters. The van der Waals surface area contributed by atoms with Crippen molar-refractivity contribution in [2.75, 3.05) is 26.5 Å². The predicted molar refractivity (Wildman–Crippen MR) is 118 cm³/mol. The van der Waals surface area contributed by atoms with Crippen LogP contribution in [0.3, 0.4) is 0 Å². The lowest BCUT2D eigenvalue weighted by atomic mass is 10.1. The summed E-state index contributed by atoms with van der Waals surface area (Å²) >= 11 is 5.90. The van der Waals surface area contributed by atoms with Crippen molar-refractivity contribution in [3.8, 4) is 5.75 Å². The molecule has 2 aromatic carbocycles. The van der Waals surface area contributed by atoms with Crippen LogP contribution in [0, 0.1) is 5.82 Å². The summed E-state index contributed by atoms with van der Waals surface area (Å²) in [5, 5.41) is 6.49. The van der Waals surface area contributed by atoms with Crippen LogP contribution < -0.4 is 15.4 Å². The number of fused-ring (bicyclic) bond motifs is 1. The molecule has 31 heavy (non-hydrogen) atoms. The Hall–Kier alpha value is -2.97. The number of anilines is 2. The zero-order chi connectivity index (χ0) is 22.2. The summed E-state index contributed by atoms with van der Waals surface area (Å²) in [6.07, 6.45) is 3.02. The summed E-state index contributed by atoms with van der Waals surface area (Å²) in [7, 11) is 5.17. The first kappa shape index (κ1) is 21.3.